The second-order valence-corrected chi connectivity index (χ2v) is 7.17. The largest absolute Gasteiger partial charge is 0.338 e. The third kappa shape index (κ3) is 2.96. The third-order valence-corrected chi connectivity index (χ3v) is 5.40. The Labute approximate surface area is 159 Å². The molecule has 0 saturated carbocycles. The van der Waals surface area contributed by atoms with Crippen LogP contribution >= 0.6 is 0 Å². The molecule has 3 aliphatic rings. The van der Waals surface area contributed by atoms with Gasteiger partial charge in [0, 0.05) is 25.1 Å². The molecule has 146 valence electrons. The van der Waals surface area contributed by atoms with Crippen molar-refractivity contribution in [2.45, 2.75) is 37.9 Å². The number of piperidine rings is 2. The van der Waals surface area contributed by atoms with Crippen LogP contribution in [0.5, 0.6) is 0 Å². The summed E-state index contributed by atoms with van der Waals surface area (Å²) in [5.74, 6) is -2.73. The van der Waals surface area contributed by atoms with E-state index >= 15 is 0 Å². The number of nitrogens with zero attached hydrogens (tertiary/aromatic N) is 2. The number of amides is 5. The summed E-state index contributed by atoms with van der Waals surface area (Å²) in [4.78, 5) is 63.9. The van der Waals surface area contributed by atoms with Gasteiger partial charge in [-0.3, -0.25) is 34.2 Å². The molecular weight excluding hydrogens is 369 g/mol. The molecule has 5 amide bonds. The minimum Gasteiger partial charge on any atom is -0.338 e. The Morgan fingerprint density at radius 3 is 2.36 bits per heavy atom. The standard InChI is InChI=1S/C19H18FN3O5/c20-11-5-7-22(8-6-11)17(26)10-1-2-12-13(9-10)19(28)23(18(12)27)14-3-4-15(24)21-16(14)25/h1-2,9,11,14H,3-8H2,(H,21,24,25). The predicted molar refractivity (Wildman–Crippen MR) is 93.1 cm³/mol. The fraction of sp³-hybridized carbons (Fsp3) is 0.421. The number of alkyl halides is 1. The number of halogens is 1. The Kier molecular flexibility index (Phi) is 4.44. The number of likely N-dealkylation sites (tertiary alicyclic amines) is 1. The summed E-state index contributed by atoms with van der Waals surface area (Å²) < 4.78 is 13.3. The molecule has 1 aromatic carbocycles. The average Bonchev–Trinajstić information content (AvgIpc) is 2.92. The lowest BCUT2D eigenvalue weighted by Gasteiger charge is -2.28. The smallest absolute Gasteiger partial charge is 0.262 e. The first-order valence-electron chi connectivity index (χ1n) is 9.16. The summed E-state index contributed by atoms with van der Waals surface area (Å²) >= 11 is 0. The van der Waals surface area contributed by atoms with Crippen LogP contribution in [0, 0.1) is 0 Å². The van der Waals surface area contributed by atoms with Gasteiger partial charge in [0.15, 0.2) is 0 Å². The molecule has 9 heteroatoms. The molecule has 2 saturated heterocycles. The van der Waals surface area contributed by atoms with Gasteiger partial charge < -0.3 is 4.90 Å². The maximum atomic E-state index is 13.3. The average molecular weight is 387 g/mol. The van der Waals surface area contributed by atoms with Crippen molar-refractivity contribution in [3.8, 4) is 0 Å². The zero-order valence-electron chi connectivity index (χ0n) is 14.9. The highest BCUT2D eigenvalue weighted by molar-refractivity contribution is 6.24. The monoisotopic (exact) mass is 387 g/mol. The van der Waals surface area contributed by atoms with Gasteiger partial charge in [0.25, 0.3) is 17.7 Å². The summed E-state index contributed by atoms with van der Waals surface area (Å²) in [7, 11) is 0. The zero-order valence-corrected chi connectivity index (χ0v) is 14.9. The summed E-state index contributed by atoms with van der Waals surface area (Å²) in [6.45, 7) is 0.596. The van der Waals surface area contributed by atoms with E-state index in [2.05, 4.69) is 5.32 Å². The van der Waals surface area contributed by atoms with Gasteiger partial charge >= 0.3 is 0 Å². The molecule has 28 heavy (non-hydrogen) atoms. The van der Waals surface area contributed by atoms with Gasteiger partial charge in [-0.2, -0.15) is 0 Å². The summed E-state index contributed by atoms with van der Waals surface area (Å²) in [5, 5.41) is 2.13. The number of carbonyl (C=O) groups is 5. The molecular formula is C19H18FN3O5. The minimum atomic E-state index is -1.05. The molecule has 8 nitrogen and oxygen atoms in total. The Hall–Kier alpha value is -3.10. The SMILES string of the molecule is O=C1CCC(N2C(=O)c3ccc(C(=O)N4CCC(F)CC4)cc3C2=O)C(=O)N1. The number of imide groups is 2. The first kappa shape index (κ1) is 18.3. The van der Waals surface area contributed by atoms with Crippen LogP contribution in [0.3, 0.4) is 0 Å². The number of fused-ring (bicyclic) bond motifs is 1. The van der Waals surface area contributed by atoms with Crippen LogP contribution in [0.4, 0.5) is 4.39 Å². The van der Waals surface area contributed by atoms with Crippen molar-refractivity contribution in [3.63, 3.8) is 0 Å². The van der Waals surface area contributed by atoms with Crippen LogP contribution in [0.1, 0.15) is 56.8 Å². The van der Waals surface area contributed by atoms with Gasteiger partial charge in [-0.25, -0.2) is 4.39 Å². The maximum Gasteiger partial charge on any atom is 0.262 e. The first-order valence-corrected chi connectivity index (χ1v) is 9.16. The second-order valence-electron chi connectivity index (χ2n) is 7.17. The Morgan fingerprint density at radius 1 is 1.00 bits per heavy atom. The van der Waals surface area contributed by atoms with Crippen molar-refractivity contribution in [1.82, 2.24) is 15.1 Å². The molecule has 0 aliphatic carbocycles. The molecule has 1 unspecified atom stereocenters. The van der Waals surface area contributed by atoms with Crippen molar-refractivity contribution in [2.24, 2.45) is 0 Å². The Balaban J connectivity index is 1.58. The van der Waals surface area contributed by atoms with Gasteiger partial charge in [-0.15, -0.1) is 0 Å². The summed E-state index contributed by atoms with van der Waals surface area (Å²) in [6, 6.07) is 3.16. The van der Waals surface area contributed by atoms with E-state index in [1.165, 1.54) is 23.1 Å². The maximum absolute atomic E-state index is 13.3. The number of rotatable bonds is 2. The number of carbonyl (C=O) groups excluding carboxylic acids is 5. The summed E-state index contributed by atoms with van der Waals surface area (Å²) in [6.07, 6.45) is -0.252. The van der Waals surface area contributed by atoms with E-state index in [4.69, 9.17) is 0 Å². The van der Waals surface area contributed by atoms with Gasteiger partial charge in [0.05, 0.1) is 11.1 Å². The summed E-state index contributed by atoms with van der Waals surface area (Å²) in [5.41, 5.74) is 0.414. The number of benzene rings is 1. The van der Waals surface area contributed by atoms with Crippen LogP contribution in [0.15, 0.2) is 18.2 Å². The lowest BCUT2D eigenvalue weighted by Crippen LogP contribution is -2.54. The highest BCUT2D eigenvalue weighted by atomic mass is 19.1. The second kappa shape index (κ2) is 6.81. The topological polar surface area (TPSA) is 104 Å². The molecule has 4 rings (SSSR count). The van der Waals surface area contributed by atoms with Crippen molar-refractivity contribution < 1.29 is 28.4 Å². The highest BCUT2D eigenvalue weighted by Crippen LogP contribution is 2.29. The molecule has 0 radical (unpaired) electrons. The zero-order chi connectivity index (χ0) is 20.0. The van der Waals surface area contributed by atoms with E-state index in [1.807, 2.05) is 0 Å². The molecule has 1 aromatic rings. The minimum absolute atomic E-state index is 0.0398. The molecule has 1 N–H and O–H groups in total. The van der Waals surface area contributed by atoms with Crippen molar-refractivity contribution >= 4 is 29.5 Å². The lowest BCUT2D eigenvalue weighted by atomic mass is 10.0. The van der Waals surface area contributed by atoms with Gasteiger partial charge in [-0.1, -0.05) is 0 Å². The van der Waals surface area contributed by atoms with E-state index in [0.717, 1.165) is 4.90 Å². The molecule has 1 atom stereocenters. The van der Waals surface area contributed by atoms with Gasteiger partial charge in [0.2, 0.25) is 11.8 Å². The van der Waals surface area contributed by atoms with Crippen LogP contribution < -0.4 is 5.32 Å². The number of hydrogen-bond donors (Lipinski definition) is 1. The van der Waals surface area contributed by atoms with Crippen LogP contribution in [-0.2, 0) is 9.59 Å². The molecule has 0 spiro atoms. The normalized spacial score (nSPS) is 23.1. The fourth-order valence-corrected chi connectivity index (χ4v) is 3.84. The highest BCUT2D eigenvalue weighted by Gasteiger charge is 2.44. The third-order valence-electron chi connectivity index (χ3n) is 5.40. The van der Waals surface area contributed by atoms with Crippen LogP contribution in [0.25, 0.3) is 0 Å². The molecule has 3 aliphatic heterocycles. The van der Waals surface area contributed by atoms with E-state index in [0.29, 0.717) is 13.1 Å². The fourth-order valence-electron chi connectivity index (χ4n) is 3.84. The van der Waals surface area contributed by atoms with Crippen LogP contribution in [-0.4, -0.2) is 64.6 Å². The molecule has 0 bridgehead atoms. The quantitative estimate of drug-likeness (QED) is 0.751. The van der Waals surface area contributed by atoms with Crippen molar-refractivity contribution in [2.75, 3.05) is 13.1 Å². The Morgan fingerprint density at radius 2 is 1.68 bits per heavy atom. The molecule has 0 aromatic heterocycles. The molecule has 3 heterocycles. The number of nitrogens with one attached hydrogen (secondary N) is 1. The molecule has 2 fully saturated rings. The van der Waals surface area contributed by atoms with E-state index < -0.39 is 35.8 Å². The van der Waals surface area contributed by atoms with E-state index in [-0.39, 0.29) is 48.3 Å². The van der Waals surface area contributed by atoms with E-state index in [1.54, 1.807) is 0 Å². The Bertz CT molecular complexity index is 907. The van der Waals surface area contributed by atoms with E-state index in [9.17, 15) is 28.4 Å². The first-order chi connectivity index (χ1) is 13.4. The lowest BCUT2D eigenvalue weighted by molar-refractivity contribution is -0.136. The van der Waals surface area contributed by atoms with Gasteiger partial charge in [-0.05, 0) is 37.5 Å². The predicted octanol–water partition coefficient (Wildman–Crippen LogP) is 0.662. The number of hydrogen-bond acceptors (Lipinski definition) is 5. The van der Waals surface area contributed by atoms with Crippen molar-refractivity contribution in [1.29, 1.82) is 0 Å². The van der Waals surface area contributed by atoms with Crippen molar-refractivity contribution in [3.05, 3.63) is 34.9 Å². The van der Waals surface area contributed by atoms with Gasteiger partial charge in [0.1, 0.15) is 12.2 Å². The van der Waals surface area contributed by atoms with Crippen LogP contribution in [0.2, 0.25) is 0 Å².